The van der Waals surface area contributed by atoms with Crippen molar-refractivity contribution in [1.82, 2.24) is 9.84 Å². The molecule has 0 aliphatic heterocycles. The van der Waals surface area contributed by atoms with Crippen molar-refractivity contribution < 1.29 is 18.3 Å². The lowest BCUT2D eigenvalue weighted by atomic mass is 9.87. The molecule has 2 rings (SSSR count). The molecule has 1 aliphatic carbocycles. The first-order valence-electron chi connectivity index (χ1n) is 8.81. The van der Waals surface area contributed by atoms with E-state index in [0.717, 1.165) is 4.90 Å². The minimum Gasteiger partial charge on any atom is -0.496 e. The van der Waals surface area contributed by atoms with E-state index in [1.807, 2.05) is 0 Å². The highest BCUT2D eigenvalue weighted by Gasteiger charge is 2.35. The first kappa shape index (κ1) is 22.2. The lowest BCUT2D eigenvalue weighted by Crippen LogP contribution is -2.36. The summed E-state index contributed by atoms with van der Waals surface area (Å²) in [7, 11) is 1.51. The number of amidine groups is 1. The van der Waals surface area contributed by atoms with Gasteiger partial charge in [-0.15, -0.1) is 5.10 Å². The van der Waals surface area contributed by atoms with Crippen LogP contribution in [0.3, 0.4) is 0 Å². The van der Waals surface area contributed by atoms with Crippen molar-refractivity contribution in [2.45, 2.75) is 36.5 Å². The van der Waals surface area contributed by atoms with Gasteiger partial charge in [0, 0.05) is 18.4 Å². The van der Waals surface area contributed by atoms with E-state index >= 15 is 0 Å². The Morgan fingerprint density at radius 1 is 1.39 bits per heavy atom. The molecule has 0 saturated heterocycles. The average Bonchev–Trinajstić information content (AvgIpc) is 2.63. The van der Waals surface area contributed by atoms with Crippen molar-refractivity contribution in [2.75, 3.05) is 20.2 Å². The Balaban J connectivity index is 1.98. The Morgan fingerprint density at radius 3 is 2.68 bits per heavy atom. The number of carbonyl (C=O) groups is 1. The van der Waals surface area contributed by atoms with E-state index in [-0.39, 0.29) is 31.1 Å². The smallest absolute Gasteiger partial charge is 0.248 e. The molecule has 0 spiro atoms. The van der Waals surface area contributed by atoms with Crippen LogP contribution in [0.2, 0.25) is 0 Å². The van der Waals surface area contributed by atoms with E-state index in [1.54, 1.807) is 18.2 Å². The van der Waals surface area contributed by atoms with E-state index in [9.17, 15) is 13.6 Å². The topological polar surface area (TPSA) is 132 Å². The Kier molecular flexibility index (Phi) is 7.84. The van der Waals surface area contributed by atoms with Crippen LogP contribution in [0.25, 0.3) is 0 Å². The molecule has 1 aliphatic rings. The number of hydrogen-bond acceptors (Lipinski definition) is 7. The van der Waals surface area contributed by atoms with Crippen LogP contribution >= 0.6 is 11.9 Å². The van der Waals surface area contributed by atoms with Gasteiger partial charge in [-0.1, -0.05) is 0 Å². The third-order valence-electron chi connectivity index (χ3n) is 4.41. The van der Waals surface area contributed by atoms with Gasteiger partial charge in [-0.05, 0) is 48.9 Å². The van der Waals surface area contributed by atoms with Gasteiger partial charge in [0.05, 0.1) is 25.1 Å². The van der Waals surface area contributed by atoms with E-state index in [1.165, 1.54) is 24.2 Å². The maximum atomic E-state index is 13.2. The highest BCUT2D eigenvalue weighted by molar-refractivity contribution is 7.97. The summed E-state index contributed by atoms with van der Waals surface area (Å²) in [6.07, 6.45) is 0.581. The number of hydrazine groups is 1. The molecule has 0 bridgehead atoms. The van der Waals surface area contributed by atoms with Gasteiger partial charge in [-0.3, -0.25) is 9.52 Å². The molecule has 28 heavy (non-hydrogen) atoms. The second-order valence-corrected chi connectivity index (χ2v) is 7.59. The van der Waals surface area contributed by atoms with E-state index in [0.29, 0.717) is 30.7 Å². The molecule has 7 N–H and O–H groups in total. The quantitative estimate of drug-likeness (QED) is 0.157. The van der Waals surface area contributed by atoms with E-state index < -0.39 is 11.8 Å². The Morgan fingerprint density at radius 2 is 2.07 bits per heavy atom. The molecule has 11 heteroatoms. The summed E-state index contributed by atoms with van der Waals surface area (Å²) >= 11 is 1.20. The van der Waals surface area contributed by atoms with Crippen molar-refractivity contribution in [3.63, 3.8) is 0 Å². The van der Waals surface area contributed by atoms with Gasteiger partial charge in [0.1, 0.15) is 5.75 Å². The molecule has 156 valence electrons. The predicted octanol–water partition coefficient (Wildman–Crippen LogP) is 1.40. The molecular formula is C17H26F2N6O2S. The van der Waals surface area contributed by atoms with Gasteiger partial charge in [0.25, 0.3) is 0 Å². The van der Waals surface area contributed by atoms with E-state index in [2.05, 4.69) is 9.82 Å². The van der Waals surface area contributed by atoms with Gasteiger partial charge < -0.3 is 16.2 Å². The Bertz CT molecular complexity index is 709. The minimum atomic E-state index is -2.57. The molecule has 1 amide bonds. The molecular weight excluding hydrogens is 390 g/mol. The number of ether oxygens (including phenoxy) is 1. The molecule has 0 atom stereocenters. The summed E-state index contributed by atoms with van der Waals surface area (Å²) in [5, 5.41) is 5.35. The van der Waals surface area contributed by atoms with Gasteiger partial charge in [0.2, 0.25) is 11.8 Å². The van der Waals surface area contributed by atoms with E-state index in [4.69, 9.17) is 22.0 Å². The van der Waals surface area contributed by atoms with Gasteiger partial charge in [-0.2, -0.15) is 0 Å². The number of primary amides is 1. The normalized spacial score (nSPS) is 17.4. The Hall–Kier alpha value is -2.11. The van der Waals surface area contributed by atoms with Crippen molar-refractivity contribution in [2.24, 2.45) is 28.3 Å². The van der Waals surface area contributed by atoms with Crippen LogP contribution in [0.4, 0.5) is 8.78 Å². The predicted molar refractivity (Wildman–Crippen MR) is 105 cm³/mol. The van der Waals surface area contributed by atoms with Crippen molar-refractivity contribution in [3.8, 4) is 5.75 Å². The molecule has 0 aromatic heterocycles. The highest BCUT2D eigenvalue weighted by atomic mass is 32.2. The summed E-state index contributed by atoms with van der Waals surface area (Å²) in [5.41, 5.74) is 11.7. The molecule has 8 nitrogen and oxygen atoms in total. The van der Waals surface area contributed by atoms with Gasteiger partial charge in [-0.25, -0.2) is 19.7 Å². The standard InChI is InChI=1S/C17H26F2N6O2S/c1-27-13-8-12(2-3-14(13)28-23-9-15(20)26)16(21)24-25(22)10-11-4-6-17(18,19)7-5-11/h2-3,8,11,23H,4-7,9-10,22H2,1H3,(H2,20,26)(H2,21,24). The number of amides is 1. The number of halogens is 2. The number of nitrogens with zero attached hydrogens (tertiary/aromatic N) is 2. The van der Waals surface area contributed by atoms with Crippen molar-refractivity contribution in [1.29, 1.82) is 0 Å². The number of rotatable bonds is 9. The Labute approximate surface area is 166 Å². The molecule has 1 saturated carbocycles. The summed E-state index contributed by atoms with van der Waals surface area (Å²) in [6.45, 7) is 0.382. The largest absolute Gasteiger partial charge is 0.496 e. The highest BCUT2D eigenvalue weighted by Crippen LogP contribution is 2.36. The molecule has 1 aromatic carbocycles. The SMILES string of the molecule is COc1cc(/C(N)=N/N(N)CC2CCC(F)(F)CC2)ccc1SNCC(N)=O. The number of nitrogens with one attached hydrogen (secondary N) is 1. The lowest BCUT2D eigenvalue weighted by molar-refractivity contribution is -0.116. The maximum Gasteiger partial charge on any atom is 0.248 e. The van der Waals surface area contributed by atoms with Crippen molar-refractivity contribution >= 4 is 23.7 Å². The zero-order valence-electron chi connectivity index (χ0n) is 15.7. The van der Waals surface area contributed by atoms with Crippen LogP contribution in [-0.2, 0) is 4.79 Å². The fourth-order valence-electron chi connectivity index (χ4n) is 2.88. The molecule has 0 radical (unpaired) electrons. The summed E-state index contributed by atoms with van der Waals surface area (Å²) in [4.78, 5) is 11.5. The number of nitrogens with two attached hydrogens (primary N) is 3. The first-order chi connectivity index (χ1) is 13.2. The number of methoxy groups -OCH3 is 1. The number of alkyl halides is 2. The molecule has 0 heterocycles. The summed E-state index contributed by atoms with van der Waals surface area (Å²) in [6, 6.07) is 5.20. The summed E-state index contributed by atoms with van der Waals surface area (Å²) in [5.74, 6) is 3.64. The molecule has 1 aromatic rings. The maximum absolute atomic E-state index is 13.2. The second kappa shape index (κ2) is 9.89. The van der Waals surface area contributed by atoms with Crippen LogP contribution in [0.1, 0.15) is 31.2 Å². The molecule has 0 unspecified atom stereocenters. The lowest BCUT2D eigenvalue weighted by Gasteiger charge is -2.29. The number of benzene rings is 1. The zero-order valence-corrected chi connectivity index (χ0v) is 16.5. The van der Waals surface area contributed by atoms with Crippen molar-refractivity contribution in [3.05, 3.63) is 23.8 Å². The van der Waals surface area contributed by atoms with Crippen LogP contribution in [0.15, 0.2) is 28.2 Å². The average molecular weight is 416 g/mol. The monoisotopic (exact) mass is 416 g/mol. The third-order valence-corrected chi connectivity index (χ3v) is 5.25. The fraction of sp³-hybridized carbons (Fsp3) is 0.529. The van der Waals surface area contributed by atoms with Gasteiger partial charge >= 0.3 is 0 Å². The van der Waals surface area contributed by atoms with Crippen LogP contribution < -0.4 is 26.8 Å². The first-order valence-corrected chi connectivity index (χ1v) is 9.62. The number of hydrazone groups is 1. The summed E-state index contributed by atoms with van der Waals surface area (Å²) < 4.78 is 34.6. The van der Waals surface area contributed by atoms with Crippen LogP contribution in [0.5, 0.6) is 5.75 Å². The van der Waals surface area contributed by atoms with Crippen LogP contribution in [-0.4, -0.2) is 43.0 Å². The third kappa shape index (κ3) is 6.80. The number of carbonyl (C=O) groups excluding carboxylic acids is 1. The minimum absolute atomic E-state index is 0.0222. The van der Waals surface area contributed by atoms with Crippen LogP contribution in [0, 0.1) is 5.92 Å². The second-order valence-electron chi connectivity index (χ2n) is 6.66. The molecule has 1 fully saturated rings. The van der Waals surface area contributed by atoms with Gasteiger partial charge in [0.15, 0.2) is 5.84 Å². The number of hydrogen-bond donors (Lipinski definition) is 4. The zero-order chi connectivity index (χ0) is 20.7. The fourth-order valence-corrected chi connectivity index (χ4v) is 3.63.